The van der Waals surface area contributed by atoms with Crippen LogP contribution in [0.15, 0.2) is 60.8 Å². The van der Waals surface area contributed by atoms with E-state index in [2.05, 4.69) is 39.5 Å². The van der Waals surface area contributed by atoms with Crippen molar-refractivity contribution in [2.24, 2.45) is 0 Å². The minimum absolute atomic E-state index is 0.257. The van der Waals surface area contributed by atoms with Crippen LogP contribution >= 0.6 is 0 Å². The van der Waals surface area contributed by atoms with Crippen molar-refractivity contribution in [3.05, 3.63) is 66.4 Å². The van der Waals surface area contributed by atoms with Crippen LogP contribution in [0, 0.1) is 0 Å². The van der Waals surface area contributed by atoms with Crippen LogP contribution in [0.2, 0.25) is 0 Å². The highest BCUT2D eigenvalue weighted by Gasteiger charge is 2.19. The Morgan fingerprint density at radius 3 is 2.74 bits per heavy atom. The zero-order valence-electron chi connectivity index (χ0n) is 18.0. The second-order valence-corrected chi connectivity index (χ2v) is 8.00. The van der Waals surface area contributed by atoms with Gasteiger partial charge in [-0.15, -0.1) is 0 Å². The van der Waals surface area contributed by atoms with Gasteiger partial charge in [0.15, 0.2) is 0 Å². The number of anilines is 4. The number of nitrogens with one attached hydrogen (secondary N) is 1. The fourth-order valence-corrected chi connectivity index (χ4v) is 3.76. The van der Waals surface area contributed by atoms with Gasteiger partial charge in [-0.25, -0.2) is 4.98 Å². The third-order valence-electron chi connectivity index (χ3n) is 5.16. The van der Waals surface area contributed by atoms with E-state index in [9.17, 15) is 5.11 Å². The molecule has 0 aliphatic carbocycles. The number of fused-ring (bicyclic) bond motifs is 1. The smallest absolute Gasteiger partial charge is 0.229 e. The van der Waals surface area contributed by atoms with Crippen molar-refractivity contribution in [1.82, 2.24) is 14.9 Å². The number of hydrogen-bond acceptors (Lipinski definition) is 7. The quantitative estimate of drug-likeness (QED) is 0.578. The highest BCUT2D eigenvalue weighted by molar-refractivity contribution is 5.66. The summed E-state index contributed by atoms with van der Waals surface area (Å²) in [5.41, 5.74) is 3.45. The summed E-state index contributed by atoms with van der Waals surface area (Å²) in [5.74, 6) is 2.15. The molecule has 3 aromatic rings. The van der Waals surface area contributed by atoms with Crippen molar-refractivity contribution < 1.29 is 9.84 Å². The van der Waals surface area contributed by atoms with E-state index in [1.807, 2.05) is 49.3 Å². The Hall–Kier alpha value is -3.16. The van der Waals surface area contributed by atoms with Gasteiger partial charge in [0.25, 0.3) is 0 Å². The van der Waals surface area contributed by atoms with Crippen LogP contribution in [0.4, 0.5) is 23.1 Å². The first-order valence-corrected chi connectivity index (χ1v) is 10.6. The number of aliphatic hydroxyl groups excluding tert-OH is 1. The van der Waals surface area contributed by atoms with Crippen LogP contribution in [0.1, 0.15) is 12.0 Å². The Bertz CT molecular complexity index is 993. The molecular weight excluding hydrogens is 390 g/mol. The van der Waals surface area contributed by atoms with Gasteiger partial charge in [-0.1, -0.05) is 18.2 Å². The summed E-state index contributed by atoms with van der Waals surface area (Å²) < 4.78 is 5.66. The third-order valence-corrected chi connectivity index (χ3v) is 5.16. The van der Waals surface area contributed by atoms with Crippen molar-refractivity contribution in [1.29, 1.82) is 0 Å². The molecule has 4 rings (SSSR count). The van der Waals surface area contributed by atoms with Gasteiger partial charge in [0.2, 0.25) is 5.95 Å². The average molecular weight is 420 g/mol. The molecule has 0 fully saturated rings. The summed E-state index contributed by atoms with van der Waals surface area (Å²) in [6.07, 6.45) is 3.47. The Kier molecular flexibility index (Phi) is 6.64. The maximum atomic E-state index is 9.93. The molecule has 2 N–H and O–H groups in total. The topological polar surface area (TPSA) is 73.8 Å². The first-order valence-electron chi connectivity index (χ1n) is 10.6. The predicted octanol–water partition coefficient (Wildman–Crippen LogP) is 3.61. The SMILES string of the molecule is CN(C)CC(O)COc1ccc(Nc2nccc(N3CCCc4ccccc43)n2)cc1. The molecule has 7 heteroatoms. The lowest BCUT2D eigenvalue weighted by Crippen LogP contribution is -2.30. The molecule has 162 valence electrons. The average Bonchev–Trinajstić information content (AvgIpc) is 2.78. The zero-order chi connectivity index (χ0) is 21.6. The van der Waals surface area contributed by atoms with Gasteiger partial charge in [0.05, 0.1) is 0 Å². The molecular formula is C24H29N5O2. The first-order chi connectivity index (χ1) is 15.1. The number of para-hydroxylation sites is 1. The highest BCUT2D eigenvalue weighted by Crippen LogP contribution is 2.32. The van der Waals surface area contributed by atoms with Crippen LogP contribution in [0.25, 0.3) is 0 Å². The van der Waals surface area contributed by atoms with E-state index in [1.165, 1.54) is 11.3 Å². The van der Waals surface area contributed by atoms with Gasteiger partial charge < -0.3 is 25.0 Å². The van der Waals surface area contributed by atoms with E-state index >= 15 is 0 Å². The van der Waals surface area contributed by atoms with Crippen molar-refractivity contribution in [3.63, 3.8) is 0 Å². The predicted molar refractivity (Wildman–Crippen MR) is 124 cm³/mol. The largest absolute Gasteiger partial charge is 0.491 e. The van der Waals surface area contributed by atoms with Crippen molar-refractivity contribution in [2.75, 3.05) is 44.0 Å². The number of aromatic nitrogens is 2. The van der Waals surface area contributed by atoms with Gasteiger partial charge in [-0.3, -0.25) is 0 Å². The molecule has 1 unspecified atom stereocenters. The maximum absolute atomic E-state index is 9.93. The molecule has 1 aliphatic rings. The molecule has 1 aliphatic heterocycles. The molecule has 0 saturated carbocycles. The summed E-state index contributed by atoms with van der Waals surface area (Å²) >= 11 is 0. The Morgan fingerprint density at radius 2 is 1.94 bits per heavy atom. The number of benzene rings is 2. The number of nitrogens with zero attached hydrogens (tertiary/aromatic N) is 4. The fourth-order valence-electron chi connectivity index (χ4n) is 3.76. The summed E-state index contributed by atoms with van der Waals surface area (Å²) in [5, 5.41) is 13.2. The van der Waals surface area contributed by atoms with Crippen molar-refractivity contribution >= 4 is 23.1 Å². The Balaban J connectivity index is 1.41. The van der Waals surface area contributed by atoms with E-state index in [4.69, 9.17) is 9.72 Å². The molecule has 1 aromatic heterocycles. The Morgan fingerprint density at radius 1 is 1.13 bits per heavy atom. The molecule has 0 spiro atoms. The van der Waals surface area contributed by atoms with Crippen LogP contribution in [0.5, 0.6) is 5.75 Å². The molecule has 0 saturated heterocycles. The summed E-state index contributed by atoms with van der Waals surface area (Å²) in [6.45, 7) is 1.77. The van der Waals surface area contributed by atoms with Gasteiger partial charge >= 0.3 is 0 Å². The highest BCUT2D eigenvalue weighted by atomic mass is 16.5. The number of aryl methyl sites for hydroxylation is 1. The van der Waals surface area contributed by atoms with Gasteiger partial charge in [-0.05, 0) is 68.9 Å². The number of rotatable bonds is 8. The standard InChI is InChI=1S/C24H29N5O2/c1-28(2)16-20(30)17-31-21-11-9-19(10-12-21)26-24-25-14-13-23(27-24)29-15-5-7-18-6-3-4-8-22(18)29/h3-4,6,8-14,20,30H,5,7,15-17H2,1-2H3,(H,25,26,27). The molecule has 2 aromatic carbocycles. The third kappa shape index (κ3) is 5.51. The molecule has 2 heterocycles. The number of hydrogen-bond donors (Lipinski definition) is 2. The van der Waals surface area contributed by atoms with Crippen LogP contribution < -0.4 is 15.0 Å². The lowest BCUT2D eigenvalue weighted by Gasteiger charge is -2.30. The molecule has 31 heavy (non-hydrogen) atoms. The van der Waals surface area contributed by atoms with Crippen molar-refractivity contribution in [2.45, 2.75) is 18.9 Å². The monoisotopic (exact) mass is 419 g/mol. The van der Waals surface area contributed by atoms with Crippen LogP contribution in [0.3, 0.4) is 0 Å². The second-order valence-electron chi connectivity index (χ2n) is 8.00. The lowest BCUT2D eigenvalue weighted by atomic mass is 10.0. The zero-order valence-corrected chi connectivity index (χ0v) is 18.0. The number of likely N-dealkylation sites (N-methyl/N-ethyl adjacent to an activating group) is 1. The number of aliphatic hydroxyl groups is 1. The minimum atomic E-state index is -0.524. The Labute approximate surface area is 183 Å². The van der Waals surface area contributed by atoms with Crippen LogP contribution in [-0.4, -0.2) is 59.9 Å². The number of ether oxygens (including phenoxy) is 1. The van der Waals surface area contributed by atoms with E-state index in [-0.39, 0.29) is 6.61 Å². The summed E-state index contributed by atoms with van der Waals surface area (Å²) in [4.78, 5) is 13.3. The molecule has 0 radical (unpaired) electrons. The molecule has 7 nitrogen and oxygen atoms in total. The van der Waals surface area contributed by atoms with Gasteiger partial charge in [0, 0.05) is 30.7 Å². The lowest BCUT2D eigenvalue weighted by molar-refractivity contribution is 0.0831. The van der Waals surface area contributed by atoms with Gasteiger partial charge in [-0.2, -0.15) is 4.98 Å². The van der Waals surface area contributed by atoms with E-state index in [1.54, 1.807) is 6.20 Å². The fraction of sp³-hybridized carbons (Fsp3) is 0.333. The van der Waals surface area contributed by atoms with Crippen molar-refractivity contribution in [3.8, 4) is 5.75 Å². The first kappa shape index (κ1) is 21.1. The molecule has 0 amide bonds. The maximum Gasteiger partial charge on any atom is 0.229 e. The molecule has 1 atom stereocenters. The molecule has 0 bridgehead atoms. The van der Waals surface area contributed by atoms with E-state index in [0.717, 1.165) is 30.9 Å². The van der Waals surface area contributed by atoms with Gasteiger partial charge in [0.1, 0.15) is 24.3 Å². The summed E-state index contributed by atoms with van der Waals surface area (Å²) in [7, 11) is 3.84. The van der Waals surface area contributed by atoms with E-state index < -0.39 is 6.10 Å². The van der Waals surface area contributed by atoms with Crippen LogP contribution in [-0.2, 0) is 6.42 Å². The van der Waals surface area contributed by atoms with E-state index in [0.29, 0.717) is 18.2 Å². The minimum Gasteiger partial charge on any atom is -0.491 e. The second kappa shape index (κ2) is 9.76. The normalized spacial score (nSPS) is 14.3. The summed E-state index contributed by atoms with van der Waals surface area (Å²) in [6, 6.07) is 18.0.